The SMILES string of the molecule is Cn1c(=O)c2nnc(-c3cccnc3)nc2n(C)c1=O. The standard InChI is InChI=1S/C12H10N6O2/c1-17-10-8(11(19)18(2)12(17)20)15-16-9(14-10)7-4-3-5-13-6-7/h3-6H,1-2H3. The van der Waals surface area contributed by atoms with Crippen LogP contribution >= 0.6 is 0 Å². The summed E-state index contributed by atoms with van der Waals surface area (Å²) in [5.74, 6) is 0.314. The van der Waals surface area contributed by atoms with Crippen LogP contribution in [-0.2, 0) is 14.1 Å². The fraction of sp³-hybridized carbons (Fsp3) is 0.167. The molecule has 0 aliphatic rings. The van der Waals surface area contributed by atoms with Gasteiger partial charge in [-0.1, -0.05) is 0 Å². The Morgan fingerprint density at radius 2 is 1.90 bits per heavy atom. The third-order valence-electron chi connectivity index (χ3n) is 2.99. The lowest BCUT2D eigenvalue weighted by Crippen LogP contribution is -2.38. The molecule has 3 aromatic heterocycles. The van der Waals surface area contributed by atoms with Crippen LogP contribution in [0.15, 0.2) is 34.1 Å². The molecule has 3 aromatic rings. The number of fused-ring (bicyclic) bond motifs is 1. The number of nitrogens with zero attached hydrogens (tertiary/aromatic N) is 6. The molecule has 0 atom stereocenters. The van der Waals surface area contributed by atoms with Crippen molar-refractivity contribution in [2.45, 2.75) is 0 Å². The molecule has 0 radical (unpaired) electrons. The van der Waals surface area contributed by atoms with E-state index in [9.17, 15) is 9.59 Å². The van der Waals surface area contributed by atoms with Crippen molar-refractivity contribution >= 4 is 11.2 Å². The van der Waals surface area contributed by atoms with Gasteiger partial charge in [-0.05, 0) is 12.1 Å². The molecule has 8 nitrogen and oxygen atoms in total. The van der Waals surface area contributed by atoms with Crippen molar-refractivity contribution in [3.8, 4) is 11.4 Å². The molecule has 0 saturated carbocycles. The third kappa shape index (κ3) is 1.69. The predicted molar refractivity (Wildman–Crippen MR) is 71.0 cm³/mol. The van der Waals surface area contributed by atoms with Crippen molar-refractivity contribution in [1.82, 2.24) is 29.3 Å². The van der Waals surface area contributed by atoms with Crippen molar-refractivity contribution in [1.29, 1.82) is 0 Å². The molecule has 0 aliphatic carbocycles. The average Bonchev–Trinajstić information content (AvgIpc) is 2.51. The van der Waals surface area contributed by atoms with Crippen LogP contribution < -0.4 is 11.2 Å². The zero-order valence-corrected chi connectivity index (χ0v) is 10.8. The molecule has 20 heavy (non-hydrogen) atoms. The Bertz CT molecular complexity index is 913. The minimum Gasteiger partial charge on any atom is -0.279 e. The molecule has 0 unspecified atom stereocenters. The number of hydrogen-bond donors (Lipinski definition) is 0. The summed E-state index contributed by atoms with van der Waals surface area (Å²) in [6.07, 6.45) is 3.21. The van der Waals surface area contributed by atoms with E-state index in [1.165, 1.54) is 18.7 Å². The molecule has 100 valence electrons. The molecule has 0 N–H and O–H groups in total. The van der Waals surface area contributed by atoms with E-state index in [2.05, 4.69) is 20.2 Å². The molecule has 0 spiro atoms. The second kappa shape index (κ2) is 4.34. The molecule has 0 bridgehead atoms. The monoisotopic (exact) mass is 270 g/mol. The Balaban J connectivity index is 2.38. The predicted octanol–water partition coefficient (Wildman–Crippen LogP) is -0.516. The first kappa shape index (κ1) is 12.2. The van der Waals surface area contributed by atoms with Gasteiger partial charge in [0, 0.05) is 32.1 Å². The van der Waals surface area contributed by atoms with E-state index in [4.69, 9.17) is 0 Å². The minimum absolute atomic E-state index is 0.0576. The van der Waals surface area contributed by atoms with Gasteiger partial charge in [-0.15, -0.1) is 10.2 Å². The van der Waals surface area contributed by atoms with Crippen LogP contribution in [0, 0.1) is 0 Å². The summed E-state index contributed by atoms with van der Waals surface area (Å²) in [5.41, 5.74) is -0.0507. The highest BCUT2D eigenvalue weighted by Crippen LogP contribution is 2.12. The number of aryl methyl sites for hydroxylation is 1. The van der Waals surface area contributed by atoms with Gasteiger partial charge in [-0.3, -0.25) is 18.9 Å². The third-order valence-corrected chi connectivity index (χ3v) is 2.99. The van der Waals surface area contributed by atoms with E-state index in [0.29, 0.717) is 11.4 Å². The van der Waals surface area contributed by atoms with Crippen LogP contribution in [0.2, 0.25) is 0 Å². The van der Waals surface area contributed by atoms with Crippen LogP contribution in [0.25, 0.3) is 22.6 Å². The van der Waals surface area contributed by atoms with E-state index in [1.807, 2.05) is 0 Å². The Labute approximate surface area is 112 Å². The van der Waals surface area contributed by atoms with E-state index in [1.54, 1.807) is 24.5 Å². The van der Waals surface area contributed by atoms with Crippen LogP contribution in [0.4, 0.5) is 0 Å². The van der Waals surface area contributed by atoms with Crippen LogP contribution in [0.3, 0.4) is 0 Å². The molecule has 0 amide bonds. The maximum absolute atomic E-state index is 11.9. The number of rotatable bonds is 1. The van der Waals surface area contributed by atoms with Gasteiger partial charge < -0.3 is 0 Å². The Morgan fingerprint density at radius 1 is 1.10 bits per heavy atom. The fourth-order valence-electron chi connectivity index (χ4n) is 1.87. The first-order valence-corrected chi connectivity index (χ1v) is 5.80. The first-order valence-electron chi connectivity index (χ1n) is 5.80. The fourth-order valence-corrected chi connectivity index (χ4v) is 1.87. The molecular formula is C12H10N6O2. The normalized spacial score (nSPS) is 10.9. The summed E-state index contributed by atoms with van der Waals surface area (Å²) in [6, 6.07) is 3.51. The maximum Gasteiger partial charge on any atom is 0.332 e. The van der Waals surface area contributed by atoms with Crippen molar-refractivity contribution in [3.63, 3.8) is 0 Å². The lowest BCUT2D eigenvalue weighted by Gasteiger charge is -2.06. The van der Waals surface area contributed by atoms with Crippen molar-refractivity contribution in [2.75, 3.05) is 0 Å². The summed E-state index contributed by atoms with van der Waals surface area (Å²) in [7, 11) is 2.92. The lowest BCUT2D eigenvalue weighted by molar-refractivity contribution is 0.700. The largest absolute Gasteiger partial charge is 0.332 e. The molecule has 8 heteroatoms. The van der Waals surface area contributed by atoms with Gasteiger partial charge in [-0.25, -0.2) is 9.78 Å². The summed E-state index contributed by atoms with van der Waals surface area (Å²) in [4.78, 5) is 32.0. The highest BCUT2D eigenvalue weighted by atomic mass is 16.2. The van der Waals surface area contributed by atoms with E-state index >= 15 is 0 Å². The van der Waals surface area contributed by atoms with Crippen molar-refractivity contribution < 1.29 is 0 Å². The second-order valence-corrected chi connectivity index (χ2v) is 4.26. The van der Waals surface area contributed by atoms with E-state index < -0.39 is 11.2 Å². The van der Waals surface area contributed by atoms with Crippen molar-refractivity contribution in [3.05, 3.63) is 45.4 Å². The average molecular weight is 270 g/mol. The highest BCUT2D eigenvalue weighted by molar-refractivity contribution is 5.70. The zero-order valence-electron chi connectivity index (χ0n) is 10.8. The van der Waals surface area contributed by atoms with Crippen LogP contribution in [0.5, 0.6) is 0 Å². The maximum atomic E-state index is 11.9. The lowest BCUT2D eigenvalue weighted by atomic mass is 10.3. The summed E-state index contributed by atoms with van der Waals surface area (Å²) < 4.78 is 2.24. The van der Waals surface area contributed by atoms with Gasteiger partial charge in [0.25, 0.3) is 5.56 Å². The number of aromatic nitrogens is 6. The first-order chi connectivity index (χ1) is 9.59. The number of hydrogen-bond acceptors (Lipinski definition) is 6. The molecule has 3 rings (SSSR count). The van der Waals surface area contributed by atoms with E-state index in [-0.39, 0.29) is 11.2 Å². The van der Waals surface area contributed by atoms with Gasteiger partial charge in [0.05, 0.1) is 0 Å². The van der Waals surface area contributed by atoms with Gasteiger partial charge in [0.1, 0.15) is 0 Å². The topological polar surface area (TPSA) is 95.6 Å². The summed E-state index contributed by atoms with van der Waals surface area (Å²) >= 11 is 0. The van der Waals surface area contributed by atoms with Crippen LogP contribution in [-0.4, -0.2) is 29.3 Å². The van der Waals surface area contributed by atoms with Crippen LogP contribution in [0.1, 0.15) is 0 Å². The van der Waals surface area contributed by atoms with E-state index in [0.717, 1.165) is 4.57 Å². The van der Waals surface area contributed by atoms with Gasteiger partial charge in [0.15, 0.2) is 17.0 Å². The molecule has 3 heterocycles. The molecular weight excluding hydrogens is 260 g/mol. The molecule has 0 fully saturated rings. The quantitative estimate of drug-likeness (QED) is 0.590. The summed E-state index contributed by atoms with van der Waals surface area (Å²) in [6.45, 7) is 0. The number of pyridine rings is 1. The Morgan fingerprint density at radius 3 is 2.60 bits per heavy atom. The van der Waals surface area contributed by atoms with Gasteiger partial charge in [-0.2, -0.15) is 0 Å². The molecule has 0 aromatic carbocycles. The van der Waals surface area contributed by atoms with Crippen molar-refractivity contribution in [2.24, 2.45) is 14.1 Å². The molecule has 0 saturated heterocycles. The van der Waals surface area contributed by atoms with Gasteiger partial charge in [0.2, 0.25) is 0 Å². The van der Waals surface area contributed by atoms with Gasteiger partial charge >= 0.3 is 5.69 Å². The Kier molecular flexibility index (Phi) is 2.63. The summed E-state index contributed by atoms with van der Waals surface area (Å²) in [5, 5.41) is 7.81. The highest BCUT2D eigenvalue weighted by Gasteiger charge is 2.13. The molecule has 0 aliphatic heterocycles. The smallest absolute Gasteiger partial charge is 0.279 e. The second-order valence-electron chi connectivity index (χ2n) is 4.26. The zero-order chi connectivity index (χ0) is 14.3. The minimum atomic E-state index is -0.513. The Hall–Kier alpha value is -2.90.